The van der Waals surface area contributed by atoms with Gasteiger partial charge in [-0.1, -0.05) is 25.1 Å². The lowest BCUT2D eigenvalue weighted by Gasteiger charge is -2.13. The number of carbonyl (C=O) groups excluding carboxylic acids is 2. The number of amidine groups is 1. The van der Waals surface area contributed by atoms with Crippen LogP contribution in [0.5, 0.6) is 0 Å². The number of nitrogens with zero attached hydrogens (tertiary/aromatic N) is 4. The third-order valence-electron chi connectivity index (χ3n) is 3.76. The lowest BCUT2D eigenvalue weighted by atomic mass is 10.1. The van der Waals surface area contributed by atoms with Gasteiger partial charge in [-0.2, -0.15) is 0 Å². The molecule has 10 heteroatoms. The largest absolute Gasteiger partial charge is 0.320 e. The fourth-order valence-corrected chi connectivity index (χ4v) is 3.31. The number of benzene rings is 1. The van der Waals surface area contributed by atoms with Gasteiger partial charge in [0.2, 0.25) is 5.91 Å². The minimum atomic E-state index is -0.537. The number of nitro groups is 1. The topological polar surface area (TPSA) is 117 Å². The molecule has 0 aromatic heterocycles. The van der Waals surface area contributed by atoms with Gasteiger partial charge in [0.05, 0.1) is 16.4 Å². The van der Waals surface area contributed by atoms with Crippen molar-refractivity contribution in [3.05, 3.63) is 33.9 Å². The predicted octanol–water partition coefficient (Wildman–Crippen LogP) is 1.98. The maximum absolute atomic E-state index is 12.1. The monoisotopic (exact) mass is 361 g/mol. The Labute approximate surface area is 147 Å². The van der Waals surface area contributed by atoms with Crippen molar-refractivity contribution in [2.24, 2.45) is 10.2 Å². The van der Waals surface area contributed by atoms with E-state index in [1.54, 1.807) is 4.90 Å². The van der Waals surface area contributed by atoms with Crippen LogP contribution in [0.1, 0.15) is 25.3 Å². The molecule has 0 atom stereocenters. The molecule has 0 spiro atoms. The Morgan fingerprint density at radius 1 is 1.36 bits per heavy atom. The van der Waals surface area contributed by atoms with Crippen LogP contribution in [0.25, 0.3) is 0 Å². The summed E-state index contributed by atoms with van der Waals surface area (Å²) in [6.07, 6.45) is 1.78. The van der Waals surface area contributed by atoms with Crippen molar-refractivity contribution in [1.82, 2.24) is 4.90 Å². The van der Waals surface area contributed by atoms with Gasteiger partial charge in [-0.25, -0.2) is 0 Å². The number of thioether (sulfide) groups is 1. The third kappa shape index (κ3) is 3.38. The van der Waals surface area contributed by atoms with Gasteiger partial charge in [0.1, 0.15) is 0 Å². The second-order valence-corrected chi connectivity index (χ2v) is 6.40. The molecule has 130 valence electrons. The molecule has 2 aliphatic rings. The molecule has 1 N–H and O–H groups in total. The maximum Gasteiger partial charge on any atom is 0.276 e. The summed E-state index contributed by atoms with van der Waals surface area (Å²) in [5, 5.41) is 22.0. The van der Waals surface area contributed by atoms with Gasteiger partial charge in [-0.3, -0.25) is 24.6 Å². The Morgan fingerprint density at radius 2 is 2.16 bits per heavy atom. The average molecular weight is 361 g/mol. The molecule has 1 saturated heterocycles. The maximum atomic E-state index is 12.1. The number of rotatable bonds is 5. The number of fused-ring (bicyclic) bond motifs is 1. The van der Waals surface area contributed by atoms with Crippen LogP contribution in [0, 0.1) is 10.1 Å². The molecule has 9 nitrogen and oxygen atoms in total. The summed E-state index contributed by atoms with van der Waals surface area (Å²) in [6.45, 7) is 2.58. The van der Waals surface area contributed by atoms with Crippen molar-refractivity contribution in [3.8, 4) is 0 Å². The number of hydrogen-bond acceptors (Lipinski definition) is 7. The number of hydrogen-bond donors (Lipinski definition) is 1. The smallest absolute Gasteiger partial charge is 0.276 e. The zero-order chi connectivity index (χ0) is 18.0. The number of non-ortho nitro benzene ring substituents is 1. The first-order valence-corrected chi connectivity index (χ1v) is 8.68. The molecular formula is C15H15N5O4S. The Hall–Kier alpha value is -2.75. The van der Waals surface area contributed by atoms with Crippen molar-refractivity contribution in [2.75, 3.05) is 17.6 Å². The summed E-state index contributed by atoms with van der Waals surface area (Å²) in [4.78, 5) is 35.9. The first kappa shape index (κ1) is 17.1. The number of amides is 2. The zero-order valence-electron chi connectivity index (χ0n) is 13.4. The van der Waals surface area contributed by atoms with Crippen LogP contribution in [-0.2, 0) is 9.59 Å². The fourth-order valence-electron chi connectivity index (χ4n) is 2.45. The minimum Gasteiger partial charge on any atom is -0.320 e. The van der Waals surface area contributed by atoms with Crippen molar-refractivity contribution in [2.45, 2.75) is 19.8 Å². The van der Waals surface area contributed by atoms with Gasteiger partial charge in [0.15, 0.2) is 10.9 Å². The van der Waals surface area contributed by atoms with Gasteiger partial charge in [0.25, 0.3) is 11.6 Å². The molecule has 2 amide bonds. The van der Waals surface area contributed by atoms with Crippen molar-refractivity contribution >= 4 is 45.8 Å². The van der Waals surface area contributed by atoms with E-state index in [0.29, 0.717) is 28.7 Å². The second kappa shape index (κ2) is 7.01. The number of nitro benzene ring substituents is 1. The Morgan fingerprint density at radius 3 is 2.88 bits per heavy atom. The van der Waals surface area contributed by atoms with Gasteiger partial charge >= 0.3 is 0 Å². The van der Waals surface area contributed by atoms with E-state index < -0.39 is 10.8 Å². The SMILES string of the molecule is CCCCN1C(=O)CS/C1=N/N=C1\C(=O)Nc2ccc([N+](=O)[O-])cc21. The molecule has 2 aliphatic heterocycles. The molecule has 0 aliphatic carbocycles. The summed E-state index contributed by atoms with van der Waals surface area (Å²) < 4.78 is 0. The minimum absolute atomic E-state index is 0.00147. The van der Waals surface area contributed by atoms with Gasteiger partial charge < -0.3 is 5.32 Å². The summed E-state index contributed by atoms with van der Waals surface area (Å²) >= 11 is 1.26. The van der Waals surface area contributed by atoms with E-state index in [1.807, 2.05) is 6.92 Å². The first-order valence-electron chi connectivity index (χ1n) is 7.70. The molecule has 0 radical (unpaired) electrons. The van der Waals surface area contributed by atoms with Crippen LogP contribution in [-0.4, -0.2) is 44.8 Å². The molecule has 2 heterocycles. The molecule has 0 bridgehead atoms. The molecule has 25 heavy (non-hydrogen) atoms. The van der Waals surface area contributed by atoms with Gasteiger partial charge in [-0.15, -0.1) is 10.2 Å². The van der Waals surface area contributed by atoms with Crippen LogP contribution < -0.4 is 5.32 Å². The van der Waals surface area contributed by atoms with Crippen LogP contribution in [0.15, 0.2) is 28.4 Å². The van der Waals surface area contributed by atoms with E-state index in [2.05, 4.69) is 15.5 Å². The van der Waals surface area contributed by atoms with Crippen LogP contribution in [0.4, 0.5) is 11.4 Å². The molecule has 1 fully saturated rings. The lowest BCUT2D eigenvalue weighted by molar-refractivity contribution is -0.384. The van der Waals surface area contributed by atoms with E-state index in [0.717, 1.165) is 12.8 Å². The van der Waals surface area contributed by atoms with E-state index in [-0.39, 0.29) is 17.3 Å². The number of carbonyl (C=O) groups is 2. The predicted molar refractivity (Wildman–Crippen MR) is 94.8 cm³/mol. The number of unbranched alkanes of at least 4 members (excludes halogenated alkanes) is 1. The second-order valence-electron chi connectivity index (χ2n) is 5.46. The standard InChI is InChI=1S/C15H15N5O4S/c1-2-3-6-19-12(21)8-25-15(19)18-17-13-10-7-9(20(23)24)4-5-11(10)16-14(13)22/h4-5,7H,2-3,6,8H2,1H3,(H,16,17,22)/b18-15+. The molecule has 1 aromatic rings. The highest BCUT2D eigenvalue weighted by Gasteiger charge is 2.30. The van der Waals surface area contributed by atoms with E-state index in [4.69, 9.17) is 0 Å². The van der Waals surface area contributed by atoms with E-state index >= 15 is 0 Å². The van der Waals surface area contributed by atoms with Gasteiger partial charge in [0, 0.05) is 24.2 Å². The van der Waals surface area contributed by atoms with Crippen molar-refractivity contribution < 1.29 is 14.5 Å². The molecule has 0 saturated carbocycles. The van der Waals surface area contributed by atoms with E-state index in [9.17, 15) is 19.7 Å². The molecule has 0 unspecified atom stereocenters. The highest BCUT2D eigenvalue weighted by Crippen LogP contribution is 2.28. The lowest BCUT2D eigenvalue weighted by Crippen LogP contribution is -2.30. The highest BCUT2D eigenvalue weighted by atomic mass is 32.2. The average Bonchev–Trinajstić information content (AvgIpc) is 3.09. The summed E-state index contributed by atoms with van der Waals surface area (Å²) in [5.74, 6) is -0.222. The first-order chi connectivity index (χ1) is 12.0. The quantitative estimate of drug-likeness (QED) is 0.635. The molecule has 1 aromatic carbocycles. The third-order valence-corrected chi connectivity index (χ3v) is 4.71. The number of anilines is 1. The Balaban J connectivity index is 1.92. The van der Waals surface area contributed by atoms with Crippen molar-refractivity contribution in [1.29, 1.82) is 0 Å². The van der Waals surface area contributed by atoms with Crippen LogP contribution in [0.3, 0.4) is 0 Å². The zero-order valence-corrected chi connectivity index (χ0v) is 14.2. The summed E-state index contributed by atoms with van der Waals surface area (Å²) in [5.41, 5.74) is 0.651. The van der Waals surface area contributed by atoms with E-state index in [1.165, 1.54) is 30.0 Å². The highest BCUT2D eigenvalue weighted by molar-refractivity contribution is 8.15. The molecular weight excluding hydrogens is 346 g/mol. The Bertz CT molecular complexity index is 820. The normalized spacial score (nSPS) is 19.6. The number of nitrogens with one attached hydrogen (secondary N) is 1. The van der Waals surface area contributed by atoms with Crippen LogP contribution in [0.2, 0.25) is 0 Å². The molecule has 3 rings (SSSR count). The van der Waals surface area contributed by atoms with Crippen molar-refractivity contribution in [3.63, 3.8) is 0 Å². The Kier molecular flexibility index (Phi) is 4.79. The van der Waals surface area contributed by atoms with Gasteiger partial charge in [-0.05, 0) is 12.5 Å². The summed E-state index contributed by atoms with van der Waals surface area (Å²) in [7, 11) is 0. The fraction of sp³-hybridized carbons (Fsp3) is 0.333. The summed E-state index contributed by atoms with van der Waals surface area (Å²) in [6, 6.07) is 4.06. The van der Waals surface area contributed by atoms with Crippen LogP contribution >= 0.6 is 11.8 Å².